The van der Waals surface area contributed by atoms with E-state index in [1.54, 1.807) is 28.4 Å². The monoisotopic (exact) mass is 515 g/mol. The Kier molecular flexibility index (Phi) is 7.47. The Labute approximate surface area is 210 Å². The standard InChI is InChI=1S/C25H23ClFN3O4S/c1-2-11-28(25(32)17-5-8-20(26)21(14-17)30(33)34)15-23(31)29-12-9-22-19(10-13-35-22)24(29)16-3-6-18(27)7-4-16/h3-8,10,13-14,24H,2,9,11-12,15H2,1H3. The van der Waals surface area contributed by atoms with Crippen LogP contribution in [0.3, 0.4) is 0 Å². The van der Waals surface area contributed by atoms with Crippen molar-refractivity contribution in [3.05, 3.63) is 96.4 Å². The Morgan fingerprint density at radius 3 is 2.66 bits per heavy atom. The van der Waals surface area contributed by atoms with Crippen LogP contribution in [-0.4, -0.2) is 46.2 Å². The molecule has 0 N–H and O–H groups in total. The van der Waals surface area contributed by atoms with Crippen LogP contribution in [0.4, 0.5) is 10.1 Å². The summed E-state index contributed by atoms with van der Waals surface area (Å²) in [6.45, 7) is 2.48. The number of rotatable bonds is 7. The fourth-order valence-corrected chi connectivity index (χ4v) is 5.42. The van der Waals surface area contributed by atoms with Crippen LogP contribution >= 0.6 is 22.9 Å². The SMILES string of the molecule is CCCN(CC(=O)N1CCc2sccc2C1c1ccc(F)cc1)C(=O)c1ccc(Cl)c([N+](=O)[O-])c1. The molecule has 7 nitrogen and oxygen atoms in total. The summed E-state index contributed by atoms with van der Waals surface area (Å²) < 4.78 is 13.6. The fourth-order valence-electron chi connectivity index (χ4n) is 4.33. The molecule has 3 aromatic rings. The van der Waals surface area contributed by atoms with Crippen LogP contribution in [0.5, 0.6) is 0 Å². The van der Waals surface area contributed by atoms with Gasteiger partial charge >= 0.3 is 0 Å². The van der Waals surface area contributed by atoms with Gasteiger partial charge in [-0.3, -0.25) is 19.7 Å². The lowest BCUT2D eigenvalue weighted by atomic mass is 9.93. The van der Waals surface area contributed by atoms with Crippen molar-refractivity contribution in [2.75, 3.05) is 19.6 Å². The van der Waals surface area contributed by atoms with Crippen molar-refractivity contribution in [1.82, 2.24) is 9.80 Å². The number of hydrogen-bond donors (Lipinski definition) is 0. The predicted molar refractivity (Wildman–Crippen MR) is 132 cm³/mol. The number of fused-ring (bicyclic) bond motifs is 1. The largest absolute Gasteiger partial charge is 0.330 e. The Morgan fingerprint density at radius 1 is 1.23 bits per heavy atom. The lowest BCUT2D eigenvalue weighted by Gasteiger charge is -2.37. The van der Waals surface area contributed by atoms with E-state index in [1.807, 2.05) is 18.4 Å². The first-order valence-electron chi connectivity index (χ1n) is 11.1. The van der Waals surface area contributed by atoms with Crippen LogP contribution in [0.1, 0.15) is 45.7 Å². The highest BCUT2D eigenvalue weighted by Gasteiger charge is 2.34. The van der Waals surface area contributed by atoms with Gasteiger partial charge in [0.2, 0.25) is 5.91 Å². The molecular formula is C25H23ClFN3O4S. The smallest absolute Gasteiger partial charge is 0.288 e. The second kappa shape index (κ2) is 10.5. The van der Waals surface area contributed by atoms with Gasteiger partial charge in [-0.25, -0.2) is 4.39 Å². The maximum Gasteiger partial charge on any atom is 0.288 e. The van der Waals surface area contributed by atoms with Gasteiger partial charge < -0.3 is 9.80 Å². The summed E-state index contributed by atoms with van der Waals surface area (Å²) in [5.74, 6) is -1.09. The van der Waals surface area contributed by atoms with E-state index in [-0.39, 0.29) is 40.6 Å². The number of hydrogen-bond acceptors (Lipinski definition) is 5. The highest BCUT2D eigenvalue weighted by molar-refractivity contribution is 7.10. The zero-order chi connectivity index (χ0) is 25.1. The van der Waals surface area contributed by atoms with Gasteiger partial charge in [0.25, 0.3) is 11.6 Å². The molecule has 1 unspecified atom stereocenters. The number of carbonyl (C=O) groups excluding carboxylic acids is 2. The number of halogens is 2. The minimum atomic E-state index is -0.645. The van der Waals surface area contributed by atoms with E-state index in [1.165, 1.54) is 34.0 Å². The van der Waals surface area contributed by atoms with E-state index in [4.69, 9.17) is 11.6 Å². The minimum absolute atomic E-state index is 0.0632. The molecule has 0 saturated heterocycles. The molecule has 2 aromatic carbocycles. The van der Waals surface area contributed by atoms with Gasteiger partial charge in [0.05, 0.1) is 11.0 Å². The van der Waals surface area contributed by atoms with Gasteiger partial charge in [-0.05, 0) is 59.7 Å². The molecule has 1 atom stereocenters. The summed E-state index contributed by atoms with van der Waals surface area (Å²) in [4.78, 5) is 41.7. The van der Waals surface area contributed by atoms with E-state index < -0.39 is 10.8 Å². The lowest BCUT2D eigenvalue weighted by Crippen LogP contribution is -2.47. The average molecular weight is 516 g/mol. The fraction of sp³-hybridized carbons (Fsp3) is 0.280. The molecule has 35 heavy (non-hydrogen) atoms. The van der Waals surface area contributed by atoms with Crippen LogP contribution in [0.2, 0.25) is 5.02 Å². The quantitative estimate of drug-likeness (QED) is 0.308. The number of nitro benzene ring substituents is 1. The number of benzene rings is 2. The van der Waals surface area contributed by atoms with E-state index in [2.05, 4.69) is 0 Å². The van der Waals surface area contributed by atoms with Crippen molar-refractivity contribution < 1.29 is 18.9 Å². The Bertz CT molecular complexity index is 1260. The van der Waals surface area contributed by atoms with Crippen LogP contribution in [0.15, 0.2) is 53.9 Å². The van der Waals surface area contributed by atoms with Crippen LogP contribution in [0.25, 0.3) is 0 Å². The van der Waals surface area contributed by atoms with E-state index >= 15 is 0 Å². The molecule has 2 amide bonds. The number of amides is 2. The molecule has 0 bridgehead atoms. The normalized spacial score (nSPS) is 14.9. The second-order valence-electron chi connectivity index (χ2n) is 8.24. The molecular weight excluding hydrogens is 493 g/mol. The number of thiophene rings is 1. The zero-order valence-corrected chi connectivity index (χ0v) is 20.5. The first kappa shape index (κ1) is 24.8. The van der Waals surface area contributed by atoms with Crippen LogP contribution in [-0.2, 0) is 11.2 Å². The summed E-state index contributed by atoms with van der Waals surface area (Å²) in [6, 6.07) is 11.6. The molecule has 2 heterocycles. The molecule has 1 aliphatic heterocycles. The first-order chi connectivity index (χ1) is 16.8. The Balaban J connectivity index is 1.61. The first-order valence-corrected chi connectivity index (χ1v) is 12.4. The highest BCUT2D eigenvalue weighted by atomic mass is 35.5. The van der Waals surface area contributed by atoms with Crippen molar-refractivity contribution in [2.24, 2.45) is 0 Å². The molecule has 0 spiro atoms. The van der Waals surface area contributed by atoms with E-state index in [0.29, 0.717) is 25.9 Å². The summed E-state index contributed by atoms with van der Waals surface area (Å²) in [5, 5.41) is 13.2. The molecule has 4 rings (SSSR count). The van der Waals surface area contributed by atoms with Crippen molar-refractivity contribution in [2.45, 2.75) is 25.8 Å². The molecule has 0 aliphatic carbocycles. The van der Waals surface area contributed by atoms with Gasteiger partial charge in [0.15, 0.2) is 0 Å². The summed E-state index contributed by atoms with van der Waals surface area (Å²) in [5.41, 5.74) is 1.53. The van der Waals surface area contributed by atoms with E-state index in [9.17, 15) is 24.1 Å². The van der Waals surface area contributed by atoms with E-state index in [0.717, 1.165) is 17.2 Å². The lowest BCUT2D eigenvalue weighted by molar-refractivity contribution is -0.384. The minimum Gasteiger partial charge on any atom is -0.330 e. The molecule has 10 heteroatoms. The topological polar surface area (TPSA) is 83.8 Å². The van der Waals surface area contributed by atoms with Crippen molar-refractivity contribution in [3.8, 4) is 0 Å². The van der Waals surface area contributed by atoms with Gasteiger partial charge in [-0.2, -0.15) is 0 Å². The molecule has 0 fully saturated rings. The number of nitro groups is 1. The van der Waals surface area contributed by atoms with Crippen LogP contribution < -0.4 is 0 Å². The molecule has 1 aliphatic rings. The van der Waals surface area contributed by atoms with Crippen molar-refractivity contribution >= 4 is 40.4 Å². The van der Waals surface area contributed by atoms with Crippen molar-refractivity contribution in [3.63, 3.8) is 0 Å². The maximum atomic E-state index is 13.6. The van der Waals surface area contributed by atoms with Crippen LogP contribution in [0, 0.1) is 15.9 Å². The molecule has 1 aromatic heterocycles. The van der Waals surface area contributed by atoms with Gasteiger partial charge in [0.1, 0.15) is 17.4 Å². The maximum absolute atomic E-state index is 13.6. The molecule has 182 valence electrons. The van der Waals surface area contributed by atoms with Gasteiger partial charge in [0, 0.05) is 29.6 Å². The third-order valence-corrected chi connectivity index (χ3v) is 7.28. The third-order valence-electron chi connectivity index (χ3n) is 5.97. The summed E-state index contributed by atoms with van der Waals surface area (Å²) in [6.07, 6.45) is 1.30. The average Bonchev–Trinajstić information content (AvgIpc) is 3.32. The molecule has 0 saturated carbocycles. The van der Waals surface area contributed by atoms with Gasteiger partial charge in [-0.15, -0.1) is 11.3 Å². The predicted octanol–water partition coefficient (Wildman–Crippen LogP) is 5.48. The number of nitrogens with zero attached hydrogens (tertiary/aromatic N) is 3. The number of carbonyl (C=O) groups is 2. The zero-order valence-electron chi connectivity index (χ0n) is 18.9. The Morgan fingerprint density at radius 2 is 1.97 bits per heavy atom. The summed E-state index contributed by atoms with van der Waals surface area (Å²) in [7, 11) is 0. The third kappa shape index (κ3) is 5.21. The second-order valence-corrected chi connectivity index (χ2v) is 9.65. The highest BCUT2D eigenvalue weighted by Crippen LogP contribution is 2.38. The Hall–Kier alpha value is -3.30. The summed E-state index contributed by atoms with van der Waals surface area (Å²) >= 11 is 7.52. The van der Waals surface area contributed by atoms with Gasteiger partial charge in [-0.1, -0.05) is 30.7 Å². The van der Waals surface area contributed by atoms with Crippen molar-refractivity contribution in [1.29, 1.82) is 0 Å². The molecule has 0 radical (unpaired) electrons.